The lowest BCUT2D eigenvalue weighted by Crippen LogP contribution is -2.52. The first-order valence-corrected chi connectivity index (χ1v) is 8.92. The van der Waals surface area contributed by atoms with Crippen molar-refractivity contribution in [1.29, 1.82) is 0 Å². The Kier molecular flexibility index (Phi) is 6.47. The first-order valence-electron chi connectivity index (χ1n) is 8.92. The number of fused-ring (bicyclic) bond motifs is 2. The van der Waals surface area contributed by atoms with Crippen LogP contribution in [0.4, 0.5) is 0 Å². The van der Waals surface area contributed by atoms with Crippen molar-refractivity contribution in [2.45, 2.75) is 52.4 Å². The van der Waals surface area contributed by atoms with E-state index in [-0.39, 0.29) is 35.5 Å². The lowest BCUT2D eigenvalue weighted by atomic mass is 9.61. The van der Waals surface area contributed by atoms with E-state index in [1.54, 1.807) is 0 Å². The van der Waals surface area contributed by atoms with E-state index < -0.39 is 0 Å². The van der Waals surface area contributed by atoms with Crippen LogP contribution in [0.15, 0.2) is 12.2 Å². The molecule has 0 radical (unpaired) electrons. The van der Waals surface area contributed by atoms with Crippen LogP contribution in [0.5, 0.6) is 0 Å². The molecule has 0 heterocycles. The molecule has 1 saturated carbocycles. The largest absolute Gasteiger partial charge is 0.356 e. The zero-order valence-corrected chi connectivity index (χ0v) is 13.9. The fourth-order valence-corrected chi connectivity index (χ4v) is 3.72. The van der Waals surface area contributed by atoms with Crippen LogP contribution < -0.4 is 10.6 Å². The molecular formula is C18H30N2O2. The molecule has 22 heavy (non-hydrogen) atoms. The average Bonchev–Trinajstić information content (AvgIpc) is 2.55. The molecule has 0 aromatic rings. The lowest BCUT2D eigenvalue weighted by Gasteiger charge is -2.43. The maximum Gasteiger partial charge on any atom is 0.224 e. The summed E-state index contributed by atoms with van der Waals surface area (Å²) in [6.07, 6.45) is 10.5. The van der Waals surface area contributed by atoms with Crippen LogP contribution in [0.2, 0.25) is 0 Å². The molecular weight excluding hydrogens is 276 g/mol. The van der Waals surface area contributed by atoms with Gasteiger partial charge in [0.15, 0.2) is 0 Å². The number of nitrogens with one attached hydrogen (secondary N) is 2. The predicted molar refractivity (Wildman–Crippen MR) is 88.2 cm³/mol. The molecule has 0 aromatic heterocycles. The Labute approximate surface area is 134 Å². The van der Waals surface area contributed by atoms with Crippen molar-refractivity contribution in [3.63, 3.8) is 0 Å². The topological polar surface area (TPSA) is 58.2 Å². The van der Waals surface area contributed by atoms with Crippen LogP contribution in [0.1, 0.15) is 52.4 Å². The lowest BCUT2D eigenvalue weighted by molar-refractivity contribution is -0.140. The summed E-state index contributed by atoms with van der Waals surface area (Å²) in [5.74, 6) is 0.248. The van der Waals surface area contributed by atoms with Crippen LogP contribution >= 0.6 is 0 Å². The van der Waals surface area contributed by atoms with E-state index in [0.717, 1.165) is 51.6 Å². The van der Waals surface area contributed by atoms with Gasteiger partial charge < -0.3 is 10.6 Å². The van der Waals surface area contributed by atoms with E-state index in [1.165, 1.54) is 0 Å². The van der Waals surface area contributed by atoms with Gasteiger partial charge in [0.25, 0.3) is 0 Å². The molecule has 4 heteroatoms. The fourth-order valence-electron chi connectivity index (χ4n) is 3.72. The second kappa shape index (κ2) is 8.35. The van der Waals surface area contributed by atoms with E-state index in [1.807, 2.05) is 0 Å². The maximum atomic E-state index is 12.6. The van der Waals surface area contributed by atoms with Crippen LogP contribution in [-0.4, -0.2) is 24.9 Å². The second-order valence-corrected chi connectivity index (χ2v) is 6.63. The van der Waals surface area contributed by atoms with Gasteiger partial charge >= 0.3 is 0 Å². The SMILES string of the molecule is CCCCNC(=O)[C@@H]1[C@H](C(=O)NCCCC)[C@H]2C=C[C@H]1CC2. The Morgan fingerprint density at radius 3 is 1.59 bits per heavy atom. The number of carbonyl (C=O) groups is 2. The quantitative estimate of drug-likeness (QED) is 0.535. The van der Waals surface area contributed by atoms with Crippen LogP contribution in [0, 0.1) is 23.7 Å². The number of unbranched alkanes of at least 4 members (excludes halogenated alkanes) is 2. The molecule has 0 spiro atoms. The summed E-state index contributed by atoms with van der Waals surface area (Å²) in [6.45, 7) is 5.66. The van der Waals surface area contributed by atoms with Crippen molar-refractivity contribution in [2.75, 3.05) is 13.1 Å². The van der Waals surface area contributed by atoms with E-state index >= 15 is 0 Å². The van der Waals surface area contributed by atoms with Crippen LogP contribution in [-0.2, 0) is 9.59 Å². The van der Waals surface area contributed by atoms with Crippen LogP contribution in [0.3, 0.4) is 0 Å². The standard InChI is InChI=1S/C18H30N2O2/c1-3-5-11-19-17(21)15-13-7-9-14(10-8-13)16(15)18(22)20-12-6-4-2/h7,9,13-16H,3-6,8,10-12H2,1-2H3,(H,19,21)(H,20,22)/t13-,14-,15-,16+/m0/s1. The van der Waals surface area contributed by atoms with Crippen molar-refractivity contribution in [2.24, 2.45) is 23.7 Å². The van der Waals surface area contributed by atoms with Crippen molar-refractivity contribution >= 4 is 11.8 Å². The third-order valence-electron chi connectivity index (χ3n) is 5.01. The van der Waals surface area contributed by atoms with Gasteiger partial charge in [-0.3, -0.25) is 9.59 Å². The predicted octanol–water partition coefficient (Wildman–Crippen LogP) is 2.65. The van der Waals surface area contributed by atoms with Crippen molar-refractivity contribution in [3.8, 4) is 0 Å². The first kappa shape index (κ1) is 17.0. The summed E-state index contributed by atoms with van der Waals surface area (Å²) in [7, 11) is 0. The summed E-state index contributed by atoms with van der Waals surface area (Å²) in [5.41, 5.74) is 0. The number of hydrogen-bond donors (Lipinski definition) is 2. The van der Waals surface area contributed by atoms with Crippen LogP contribution in [0.25, 0.3) is 0 Å². The van der Waals surface area contributed by atoms with Crippen molar-refractivity contribution in [1.82, 2.24) is 10.6 Å². The molecule has 3 aliphatic rings. The highest BCUT2D eigenvalue weighted by Gasteiger charge is 2.47. The van der Waals surface area contributed by atoms with Gasteiger partial charge in [0, 0.05) is 13.1 Å². The van der Waals surface area contributed by atoms with E-state index in [0.29, 0.717) is 0 Å². The van der Waals surface area contributed by atoms with Gasteiger partial charge in [-0.25, -0.2) is 0 Å². The zero-order valence-electron chi connectivity index (χ0n) is 13.9. The van der Waals surface area contributed by atoms with Gasteiger partial charge in [-0.05, 0) is 37.5 Å². The van der Waals surface area contributed by atoms with Gasteiger partial charge in [0.05, 0.1) is 11.8 Å². The van der Waals surface area contributed by atoms with E-state index in [4.69, 9.17) is 0 Å². The number of amides is 2. The summed E-state index contributed by atoms with van der Waals surface area (Å²) in [5, 5.41) is 6.07. The van der Waals surface area contributed by atoms with E-state index in [2.05, 4.69) is 36.6 Å². The number of rotatable bonds is 8. The number of allylic oxidation sites excluding steroid dienone is 2. The highest BCUT2D eigenvalue weighted by Crippen LogP contribution is 2.45. The fraction of sp³-hybridized carbons (Fsp3) is 0.778. The monoisotopic (exact) mass is 306 g/mol. The van der Waals surface area contributed by atoms with Crippen molar-refractivity contribution in [3.05, 3.63) is 12.2 Å². The molecule has 4 atom stereocenters. The Hall–Kier alpha value is -1.32. The summed E-state index contributed by atoms with van der Waals surface area (Å²) >= 11 is 0. The molecule has 124 valence electrons. The normalized spacial score (nSPS) is 29.4. The molecule has 0 saturated heterocycles. The van der Waals surface area contributed by atoms with Gasteiger partial charge in [-0.1, -0.05) is 38.8 Å². The number of hydrogen-bond acceptors (Lipinski definition) is 2. The Bertz CT molecular complexity index is 381. The summed E-state index contributed by atoms with van der Waals surface area (Å²) in [4.78, 5) is 25.2. The Morgan fingerprint density at radius 2 is 1.27 bits per heavy atom. The molecule has 2 amide bonds. The second-order valence-electron chi connectivity index (χ2n) is 6.63. The molecule has 0 unspecified atom stereocenters. The number of carbonyl (C=O) groups excluding carboxylic acids is 2. The minimum Gasteiger partial charge on any atom is -0.356 e. The molecule has 1 fully saturated rings. The molecule has 4 nitrogen and oxygen atoms in total. The molecule has 3 aliphatic carbocycles. The first-order chi connectivity index (χ1) is 10.7. The Morgan fingerprint density at radius 1 is 0.864 bits per heavy atom. The summed E-state index contributed by atoms with van der Waals surface area (Å²) < 4.78 is 0. The summed E-state index contributed by atoms with van der Waals surface area (Å²) in [6, 6.07) is 0. The molecule has 0 aliphatic heterocycles. The molecule has 2 bridgehead atoms. The van der Waals surface area contributed by atoms with Crippen molar-refractivity contribution < 1.29 is 9.59 Å². The van der Waals surface area contributed by atoms with E-state index in [9.17, 15) is 9.59 Å². The highest BCUT2D eigenvalue weighted by atomic mass is 16.2. The smallest absolute Gasteiger partial charge is 0.224 e. The average molecular weight is 306 g/mol. The zero-order chi connectivity index (χ0) is 15.9. The third kappa shape index (κ3) is 3.90. The van der Waals surface area contributed by atoms with Gasteiger partial charge in [0.1, 0.15) is 0 Å². The molecule has 3 rings (SSSR count). The van der Waals surface area contributed by atoms with Gasteiger partial charge in [0.2, 0.25) is 11.8 Å². The highest BCUT2D eigenvalue weighted by molar-refractivity contribution is 5.89. The maximum absolute atomic E-state index is 12.6. The Balaban J connectivity index is 2.02. The minimum absolute atomic E-state index is 0.0724. The molecule has 2 N–H and O–H groups in total. The molecule has 0 aromatic carbocycles. The minimum atomic E-state index is -0.178. The third-order valence-corrected chi connectivity index (χ3v) is 5.01. The van der Waals surface area contributed by atoms with Gasteiger partial charge in [-0.15, -0.1) is 0 Å². The van der Waals surface area contributed by atoms with Gasteiger partial charge in [-0.2, -0.15) is 0 Å².